The molecule has 0 aromatic heterocycles. The summed E-state index contributed by atoms with van der Waals surface area (Å²) in [5, 5.41) is 8.39. The van der Waals surface area contributed by atoms with Gasteiger partial charge in [-0.15, -0.1) is 0 Å². The van der Waals surface area contributed by atoms with Crippen LogP contribution in [0, 0.1) is 12.7 Å². The first kappa shape index (κ1) is 12.6. The zero-order valence-electron chi connectivity index (χ0n) is 8.67. The number of aryl methyl sites for hydroxylation is 1. The average Bonchev–Trinajstić information content (AvgIpc) is 2.13. The van der Waals surface area contributed by atoms with E-state index in [1.807, 2.05) is 13.8 Å². The summed E-state index contributed by atoms with van der Waals surface area (Å²) in [5.41, 5.74) is 1.02. The molecule has 2 nitrogen and oxygen atoms in total. The van der Waals surface area contributed by atoms with Gasteiger partial charge >= 0.3 is 5.97 Å². The molecule has 0 saturated carbocycles. The minimum Gasteiger partial charge on any atom is -0.481 e. The fraction of sp³-hybridized carbons (Fsp3) is 0.364. The minimum absolute atomic E-state index is 0.230. The van der Waals surface area contributed by atoms with E-state index in [1.54, 1.807) is 13.0 Å². The standard InChI is InChI=1S/C9H9FO2.C2H6/c1-6-2-3-7(5-9(11)12)8(10)4-6;1-2/h2-4H,5H2,1H3,(H,11,12);1-2H3. The molecule has 0 unspecified atom stereocenters. The zero-order valence-corrected chi connectivity index (χ0v) is 8.67. The van der Waals surface area contributed by atoms with Crippen molar-refractivity contribution in [3.05, 3.63) is 35.1 Å². The molecule has 0 amide bonds. The first-order valence-electron chi connectivity index (χ1n) is 4.56. The molecule has 78 valence electrons. The summed E-state index contributed by atoms with van der Waals surface area (Å²) >= 11 is 0. The molecule has 1 aromatic rings. The van der Waals surface area contributed by atoms with E-state index in [-0.39, 0.29) is 12.0 Å². The van der Waals surface area contributed by atoms with Crippen molar-refractivity contribution in [3.63, 3.8) is 0 Å². The van der Waals surface area contributed by atoms with Gasteiger partial charge in [0.25, 0.3) is 0 Å². The van der Waals surface area contributed by atoms with Gasteiger partial charge in [0.2, 0.25) is 0 Å². The van der Waals surface area contributed by atoms with Crippen LogP contribution < -0.4 is 0 Å². The molecule has 0 radical (unpaired) electrons. The fourth-order valence-corrected chi connectivity index (χ4v) is 0.959. The van der Waals surface area contributed by atoms with Crippen LogP contribution in [-0.4, -0.2) is 11.1 Å². The Hall–Kier alpha value is -1.38. The Morgan fingerprint density at radius 3 is 2.43 bits per heavy atom. The zero-order chi connectivity index (χ0) is 11.1. The number of rotatable bonds is 2. The quantitative estimate of drug-likeness (QED) is 0.793. The fourth-order valence-electron chi connectivity index (χ4n) is 0.959. The third-order valence-corrected chi connectivity index (χ3v) is 1.55. The number of hydrogen-bond acceptors (Lipinski definition) is 1. The predicted molar refractivity (Wildman–Crippen MR) is 53.8 cm³/mol. The molecule has 1 N–H and O–H groups in total. The summed E-state index contributed by atoms with van der Waals surface area (Å²) < 4.78 is 12.9. The van der Waals surface area contributed by atoms with Gasteiger partial charge in [-0.05, 0) is 24.1 Å². The first-order chi connectivity index (χ1) is 6.59. The van der Waals surface area contributed by atoms with Crippen molar-refractivity contribution < 1.29 is 14.3 Å². The van der Waals surface area contributed by atoms with E-state index in [0.717, 1.165) is 5.56 Å². The molecule has 0 spiro atoms. The average molecular weight is 198 g/mol. The maximum atomic E-state index is 12.9. The van der Waals surface area contributed by atoms with Crippen molar-refractivity contribution in [3.8, 4) is 0 Å². The topological polar surface area (TPSA) is 37.3 Å². The van der Waals surface area contributed by atoms with E-state index in [2.05, 4.69) is 0 Å². The minimum atomic E-state index is -1.02. The maximum absolute atomic E-state index is 12.9. The summed E-state index contributed by atoms with van der Waals surface area (Å²) in [6, 6.07) is 4.53. The lowest BCUT2D eigenvalue weighted by Gasteiger charge is -1.99. The highest BCUT2D eigenvalue weighted by Gasteiger charge is 2.05. The number of benzene rings is 1. The van der Waals surface area contributed by atoms with Crippen LogP contribution in [-0.2, 0) is 11.2 Å². The number of halogens is 1. The molecule has 0 atom stereocenters. The molecule has 1 aromatic carbocycles. The molecule has 0 saturated heterocycles. The molecule has 1 rings (SSSR count). The van der Waals surface area contributed by atoms with Gasteiger partial charge in [0.15, 0.2) is 0 Å². The van der Waals surface area contributed by atoms with Gasteiger partial charge in [0, 0.05) is 0 Å². The van der Waals surface area contributed by atoms with Gasteiger partial charge in [-0.2, -0.15) is 0 Å². The van der Waals surface area contributed by atoms with E-state index in [0.29, 0.717) is 0 Å². The van der Waals surface area contributed by atoms with Crippen LogP contribution in [0.2, 0.25) is 0 Å². The normalized spacial score (nSPS) is 8.86. The van der Waals surface area contributed by atoms with Gasteiger partial charge in [-0.25, -0.2) is 4.39 Å². The van der Waals surface area contributed by atoms with Crippen LogP contribution in [0.1, 0.15) is 25.0 Å². The second kappa shape index (κ2) is 6.13. The van der Waals surface area contributed by atoms with Crippen LogP contribution in [0.15, 0.2) is 18.2 Å². The largest absolute Gasteiger partial charge is 0.481 e. The Kier molecular flexibility index (Phi) is 5.53. The van der Waals surface area contributed by atoms with E-state index in [1.165, 1.54) is 12.1 Å². The van der Waals surface area contributed by atoms with Gasteiger partial charge in [0.1, 0.15) is 5.82 Å². The van der Waals surface area contributed by atoms with E-state index in [4.69, 9.17) is 5.11 Å². The summed E-state index contributed by atoms with van der Waals surface area (Å²) in [6.07, 6.45) is -0.258. The summed E-state index contributed by atoms with van der Waals surface area (Å²) in [7, 11) is 0. The monoisotopic (exact) mass is 198 g/mol. The molecular formula is C11H15FO2. The van der Waals surface area contributed by atoms with Crippen LogP contribution >= 0.6 is 0 Å². The van der Waals surface area contributed by atoms with Crippen LogP contribution in [0.3, 0.4) is 0 Å². The molecule has 0 bridgehead atoms. The Labute approximate surface area is 83.4 Å². The molecule has 0 aliphatic carbocycles. The summed E-state index contributed by atoms with van der Waals surface area (Å²) in [5.74, 6) is -1.46. The van der Waals surface area contributed by atoms with E-state index < -0.39 is 11.8 Å². The van der Waals surface area contributed by atoms with Crippen molar-refractivity contribution in [1.82, 2.24) is 0 Å². The highest BCUT2D eigenvalue weighted by molar-refractivity contribution is 5.70. The van der Waals surface area contributed by atoms with Gasteiger partial charge in [-0.3, -0.25) is 4.79 Å². The van der Waals surface area contributed by atoms with Crippen LogP contribution in [0.25, 0.3) is 0 Å². The lowest BCUT2D eigenvalue weighted by Crippen LogP contribution is -2.02. The third kappa shape index (κ3) is 4.03. The molecular weight excluding hydrogens is 183 g/mol. The van der Waals surface area contributed by atoms with Gasteiger partial charge in [-0.1, -0.05) is 26.0 Å². The van der Waals surface area contributed by atoms with E-state index >= 15 is 0 Å². The highest BCUT2D eigenvalue weighted by Crippen LogP contribution is 2.10. The molecule has 0 aliphatic heterocycles. The van der Waals surface area contributed by atoms with Crippen LogP contribution in [0.4, 0.5) is 4.39 Å². The summed E-state index contributed by atoms with van der Waals surface area (Å²) in [6.45, 7) is 5.76. The summed E-state index contributed by atoms with van der Waals surface area (Å²) in [4.78, 5) is 10.2. The van der Waals surface area contributed by atoms with Gasteiger partial charge in [0.05, 0.1) is 6.42 Å². The molecule has 3 heteroatoms. The SMILES string of the molecule is CC.Cc1ccc(CC(=O)O)c(F)c1. The molecule has 14 heavy (non-hydrogen) atoms. The second-order valence-corrected chi connectivity index (χ2v) is 2.67. The Morgan fingerprint density at radius 2 is 2.00 bits per heavy atom. The predicted octanol–water partition coefficient (Wildman–Crippen LogP) is 2.79. The number of aliphatic carboxylic acids is 1. The molecule has 0 aliphatic rings. The number of carboxylic acid groups (broad SMARTS) is 1. The van der Waals surface area contributed by atoms with Crippen molar-refractivity contribution >= 4 is 5.97 Å². The third-order valence-electron chi connectivity index (χ3n) is 1.55. The number of hydrogen-bond donors (Lipinski definition) is 1. The Bertz CT molecular complexity index is 308. The van der Waals surface area contributed by atoms with Crippen molar-refractivity contribution in [2.24, 2.45) is 0 Å². The molecule has 0 heterocycles. The molecule has 0 fully saturated rings. The maximum Gasteiger partial charge on any atom is 0.307 e. The van der Waals surface area contributed by atoms with Gasteiger partial charge < -0.3 is 5.11 Å². The highest BCUT2D eigenvalue weighted by atomic mass is 19.1. The number of carbonyl (C=O) groups is 1. The lowest BCUT2D eigenvalue weighted by atomic mass is 10.1. The first-order valence-corrected chi connectivity index (χ1v) is 4.56. The van der Waals surface area contributed by atoms with Crippen molar-refractivity contribution in [1.29, 1.82) is 0 Å². The Morgan fingerprint density at radius 1 is 1.43 bits per heavy atom. The lowest BCUT2D eigenvalue weighted by molar-refractivity contribution is -0.136. The van der Waals surface area contributed by atoms with E-state index in [9.17, 15) is 9.18 Å². The van der Waals surface area contributed by atoms with Crippen molar-refractivity contribution in [2.75, 3.05) is 0 Å². The second-order valence-electron chi connectivity index (χ2n) is 2.67. The number of carboxylic acids is 1. The Balaban J connectivity index is 0.000000791. The smallest absolute Gasteiger partial charge is 0.307 e. The van der Waals surface area contributed by atoms with Crippen LogP contribution in [0.5, 0.6) is 0 Å². The van der Waals surface area contributed by atoms with Crippen molar-refractivity contribution in [2.45, 2.75) is 27.2 Å².